The summed E-state index contributed by atoms with van der Waals surface area (Å²) >= 11 is 0. The van der Waals surface area contributed by atoms with Crippen LogP contribution in [0.15, 0.2) is 55.1 Å². The van der Waals surface area contributed by atoms with Gasteiger partial charge in [-0.1, -0.05) is 6.08 Å². The summed E-state index contributed by atoms with van der Waals surface area (Å²) in [4.78, 5) is 21.3. The Labute approximate surface area is 133 Å². The Morgan fingerprint density at radius 1 is 1.17 bits per heavy atom. The maximum absolute atomic E-state index is 12.8. The number of rotatable bonds is 2. The first-order valence-electron chi connectivity index (χ1n) is 7.65. The number of carbonyl (C=O) groups is 1. The molecule has 1 aliphatic rings. The van der Waals surface area contributed by atoms with Gasteiger partial charge < -0.3 is 5.32 Å². The molecule has 0 aromatic carbocycles. The number of hydrogen-bond donors (Lipinski definition) is 1. The Morgan fingerprint density at radius 2 is 2.04 bits per heavy atom. The van der Waals surface area contributed by atoms with Gasteiger partial charge in [0.25, 0.3) is 5.91 Å². The van der Waals surface area contributed by atoms with Crippen LogP contribution in [0, 0.1) is 0 Å². The molecule has 1 aliphatic heterocycles. The van der Waals surface area contributed by atoms with Gasteiger partial charge in [-0.2, -0.15) is 0 Å². The third-order valence-corrected chi connectivity index (χ3v) is 4.12. The number of aromatic nitrogens is 3. The fourth-order valence-electron chi connectivity index (χ4n) is 2.96. The molecule has 3 aromatic heterocycles. The van der Waals surface area contributed by atoms with E-state index in [1.807, 2.05) is 18.3 Å². The summed E-state index contributed by atoms with van der Waals surface area (Å²) in [5.41, 5.74) is 4.62. The van der Waals surface area contributed by atoms with Crippen LogP contribution in [0.4, 0.5) is 0 Å². The van der Waals surface area contributed by atoms with Crippen molar-refractivity contribution < 1.29 is 4.79 Å². The molecule has 4 heterocycles. The fraction of sp³-hybridized carbons (Fsp3) is 0.167. The van der Waals surface area contributed by atoms with Crippen molar-refractivity contribution in [2.24, 2.45) is 0 Å². The molecule has 4 rings (SSSR count). The molecule has 1 N–H and O–H groups in total. The Morgan fingerprint density at radius 3 is 2.83 bits per heavy atom. The zero-order valence-electron chi connectivity index (χ0n) is 12.6. The van der Waals surface area contributed by atoms with Gasteiger partial charge in [0.05, 0.1) is 11.0 Å². The van der Waals surface area contributed by atoms with Crippen molar-refractivity contribution in [3.8, 4) is 0 Å². The fourth-order valence-corrected chi connectivity index (χ4v) is 2.96. The normalized spacial score (nSPS) is 14.7. The van der Waals surface area contributed by atoms with Gasteiger partial charge in [0.15, 0.2) is 0 Å². The molecule has 0 bridgehead atoms. The molecule has 0 fully saturated rings. The Hall–Kier alpha value is -2.79. The summed E-state index contributed by atoms with van der Waals surface area (Å²) in [6.07, 6.45) is 10.1. The van der Waals surface area contributed by atoms with Gasteiger partial charge in [0, 0.05) is 42.5 Å². The molecule has 0 amide bonds. The highest BCUT2D eigenvalue weighted by atomic mass is 16.2. The minimum absolute atomic E-state index is 0.0637. The van der Waals surface area contributed by atoms with E-state index in [9.17, 15) is 4.79 Å². The number of nitrogens with zero attached hydrogens (tertiary/aromatic N) is 3. The number of carbonyl (C=O) groups excluding carboxylic acids is 1. The number of fused-ring (bicyclic) bond motifs is 1. The molecule has 0 atom stereocenters. The summed E-state index contributed by atoms with van der Waals surface area (Å²) in [5.74, 6) is -0.0637. The van der Waals surface area contributed by atoms with E-state index in [2.05, 4.69) is 21.4 Å². The number of pyridine rings is 2. The smallest absolute Gasteiger partial charge is 0.262 e. The van der Waals surface area contributed by atoms with Crippen LogP contribution in [-0.4, -0.2) is 33.5 Å². The highest BCUT2D eigenvalue weighted by molar-refractivity contribution is 6.04. The molecule has 0 radical (unpaired) electrons. The van der Waals surface area contributed by atoms with Crippen LogP contribution in [0.3, 0.4) is 0 Å². The van der Waals surface area contributed by atoms with Crippen LogP contribution < -0.4 is 5.32 Å². The molecular formula is C18H16N4O. The van der Waals surface area contributed by atoms with Gasteiger partial charge in [-0.15, -0.1) is 0 Å². The molecule has 0 unspecified atom stereocenters. The van der Waals surface area contributed by atoms with E-state index in [0.29, 0.717) is 5.56 Å². The van der Waals surface area contributed by atoms with Crippen LogP contribution in [0.1, 0.15) is 22.3 Å². The maximum atomic E-state index is 12.8. The molecule has 0 saturated carbocycles. The van der Waals surface area contributed by atoms with Crippen molar-refractivity contribution in [2.75, 3.05) is 13.1 Å². The predicted octanol–water partition coefficient (Wildman–Crippen LogP) is 2.50. The first-order chi connectivity index (χ1) is 11.3. The molecule has 114 valence electrons. The topological polar surface area (TPSA) is 59.8 Å². The molecule has 5 nitrogen and oxygen atoms in total. The predicted molar refractivity (Wildman–Crippen MR) is 89.2 cm³/mol. The monoisotopic (exact) mass is 304 g/mol. The Kier molecular flexibility index (Phi) is 3.48. The molecule has 3 aromatic rings. The highest BCUT2D eigenvalue weighted by Crippen LogP contribution is 2.28. The third-order valence-electron chi connectivity index (χ3n) is 4.12. The Bertz CT molecular complexity index is 896. The zero-order chi connectivity index (χ0) is 15.6. The molecular weight excluding hydrogens is 288 g/mol. The highest BCUT2D eigenvalue weighted by Gasteiger charge is 2.18. The van der Waals surface area contributed by atoms with Gasteiger partial charge in [0.1, 0.15) is 0 Å². The molecule has 5 heteroatoms. The SMILES string of the molecule is O=C(c1ccncc1)n1cc(C2=CCNCC2)c2ncccc21. The van der Waals surface area contributed by atoms with Crippen LogP contribution in [0.2, 0.25) is 0 Å². The van der Waals surface area contributed by atoms with Crippen molar-refractivity contribution in [1.29, 1.82) is 0 Å². The second-order valence-corrected chi connectivity index (χ2v) is 5.51. The van der Waals surface area contributed by atoms with E-state index in [1.54, 1.807) is 35.3 Å². The lowest BCUT2D eigenvalue weighted by Crippen LogP contribution is -2.20. The second-order valence-electron chi connectivity index (χ2n) is 5.51. The van der Waals surface area contributed by atoms with E-state index in [4.69, 9.17) is 0 Å². The van der Waals surface area contributed by atoms with Crippen LogP contribution in [0.25, 0.3) is 16.6 Å². The summed E-state index contributed by atoms with van der Waals surface area (Å²) in [6.45, 7) is 1.80. The van der Waals surface area contributed by atoms with E-state index >= 15 is 0 Å². The van der Waals surface area contributed by atoms with Crippen LogP contribution in [-0.2, 0) is 0 Å². The van der Waals surface area contributed by atoms with Gasteiger partial charge in [-0.25, -0.2) is 0 Å². The van der Waals surface area contributed by atoms with Crippen molar-refractivity contribution in [3.63, 3.8) is 0 Å². The zero-order valence-corrected chi connectivity index (χ0v) is 12.6. The lowest BCUT2D eigenvalue weighted by atomic mass is 10.0. The molecule has 23 heavy (non-hydrogen) atoms. The van der Waals surface area contributed by atoms with Crippen molar-refractivity contribution in [2.45, 2.75) is 6.42 Å². The lowest BCUT2D eigenvalue weighted by molar-refractivity contribution is 0.0965. The molecule has 0 saturated heterocycles. The molecule has 0 spiro atoms. The largest absolute Gasteiger partial charge is 0.313 e. The Balaban J connectivity index is 1.88. The second kappa shape index (κ2) is 5.78. The van der Waals surface area contributed by atoms with Gasteiger partial charge in [-0.05, 0) is 42.8 Å². The van der Waals surface area contributed by atoms with Crippen LogP contribution in [0.5, 0.6) is 0 Å². The van der Waals surface area contributed by atoms with E-state index in [0.717, 1.165) is 36.1 Å². The maximum Gasteiger partial charge on any atom is 0.262 e. The van der Waals surface area contributed by atoms with Crippen LogP contribution >= 0.6 is 0 Å². The average molecular weight is 304 g/mol. The van der Waals surface area contributed by atoms with Gasteiger partial charge in [0.2, 0.25) is 0 Å². The lowest BCUT2D eigenvalue weighted by Gasteiger charge is -2.12. The minimum atomic E-state index is -0.0637. The van der Waals surface area contributed by atoms with Crippen molar-refractivity contribution in [3.05, 3.63) is 66.3 Å². The first-order valence-corrected chi connectivity index (χ1v) is 7.65. The summed E-state index contributed by atoms with van der Waals surface area (Å²) < 4.78 is 1.69. The van der Waals surface area contributed by atoms with Gasteiger partial charge in [-0.3, -0.25) is 19.3 Å². The standard InChI is InChI=1S/C18H16N4O/c23-18(14-5-10-20-11-6-14)22-12-15(13-3-8-19-9-4-13)17-16(22)2-1-7-21-17/h1-3,5-7,10-12,19H,4,8-9H2. The first kappa shape index (κ1) is 13.8. The minimum Gasteiger partial charge on any atom is -0.313 e. The van der Waals surface area contributed by atoms with Gasteiger partial charge >= 0.3 is 0 Å². The summed E-state index contributed by atoms with van der Waals surface area (Å²) in [6, 6.07) is 7.26. The van der Waals surface area contributed by atoms with E-state index in [-0.39, 0.29) is 5.91 Å². The molecule has 0 aliphatic carbocycles. The third kappa shape index (κ3) is 2.45. The number of nitrogens with one attached hydrogen (secondary N) is 1. The van der Waals surface area contributed by atoms with E-state index in [1.165, 1.54) is 5.57 Å². The van der Waals surface area contributed by atoms with E-state index < -0.39 is 0 Å². The quantitative estimate of drug-likeness (QED) is 0.790. The number of hydrogen-bond acceptors (Lipinski definition) is 4. The summed E-state index contributed by atoms with van der Waals surface area (Å²) in [7, 11) is 0. The summed E-state index contributed by atoms with van der Waals surface area (Å²) in [5, 5.41) is 3.31. The van der Waals surface area contributed by atoms with Crippen molar-refractivity contribution >= 4 is 22.5 Å². The average Bonchev–Trinajstić information content (AvgIpc) is 3.02. The van der Waals surface area contributed by atoms with Crippen molar-refractivity contribution in [1.82, 2.24) is 19.9 Å².